The van der Waals surface area contributed by atoms with Crippen LogP contribution in [0, 0.1) is 5.41 Å². The van der Waals surface area contributed by atoms with Gasteiger partial charge < -0.3 is 15.4 Å². The minimum atomic E-state index is 0.0277. The zero-order valence-electron chi connectivity index (χ0n) is 13.3. The fourth-order valence-corrected chi connectivity index (χ4v) is 3.26. The molecular formula is C17H26N2O2. The number of rotatable bonds is 4. The van der Waals surface area contributed by atoms with Gasteiger partial charge in [0.05, 0.1) is 18.4 Å². The molecule has 1 amide bonds. The first-order valence-corrected chi connectivity index (χ1v) is 7.78. The van der Waals surface area contributed by atoms with Crippen molar-refractivity contribution in [1.82, 2.24) is 4.90 Å². The molecule has 0 saturated carbocycles. The van der Waals surface area contributed by atoms with Crippen molar-refractivity contribution < 1.29 is 9.53 Å². The van der Waals surface area contributed by atoms with Crippen LogP contribution in [0.5, 0.6) is 5.75 Å². The third-order valence-electron chi connectivity index (χ3n) is 5.09. The van der Waals surface area contributed by atoms with E-state index in [0.717, 1.165) is 25.9 Å². The Balaban J connectivity index is 2.14. The molecule has 2 N–H and O–H groups in total. The van der Waals surface area contributed by atoms with E-state index in [1.165, 1.54) is 12.8 Å². The standard InChI is InChI=1S/C17H26N2O2/c1-4-17(5-2)9-11-19(12-10-17)16(20)13-7-6-8-14(18)15(13)21-3/h6-8H,4-5,9-12,18H2,1-3H3. The number of benzene rings is 1. The van der Waals surface area contributed by atoms with Crippen molar-refractivity contribution in [2.75, 3.05) is 25.9 Å². The zero-order valence-corrected chi connectivity index (χ0v) is 13.3. The van der Waals surface area contributed by atoms with Crippen LogP contribution in [0.15, 0.2) is 18.2 Å². The van der Waals surface area contributed by atoms with Gasteiger partial charge >= 0.3 is 0 Å². The molecule has 1 heterocycles. The average Bonchev–Trinajstić information content (AvgIpc) is 2.54. The second-order valence-electron chi connectivity index (χ2n) is 5.93. The molecular weight excluding hydrogens is 264 g/mol. The summed E-state index contributed by atoms with van der Waals surface area (Å²) >= 11 is 0. The van der Waals surface area contributed by atoms with Gasteiger partial charge in [0.15, 0.2) is 5.75 Å². The van der Waals surface area contributed by atoms with E-state index in [4.69, 9.17) is 10.5 Å². The minimum absolute atomic E-state index is 0.0277. The van der Waals surface area contributed by atoms with E-state index in [1.807, 2.05) is 4.90 Å². The first-order valence-electron chi connectivity index (χ1n) is 7.78. The highest BCUT2D eigenvalue weighted by Gasteiger charge is 2.33. The first-order chi connectivity index (χ1) is 10.1. The number of ether oxygens (including phenoxy) is 1. The molecule has 0 atom stereocenters. The average molecular weight is 290 g/mol. The summed E-state index contributed by atoms with van der Waals surface area (Å²) in [5, 5.41) is 0. The Morgan fingerprint density at radius 3 is 2.43 bits per heavy atom. The summed E-state index contributed by atoms with van der Waals surface area (Å²) in [6.45, 7) is 6.14. The van der Waals surface area contributed by atoms with Gasteiger partial charge in [-0.2, -0.15) is 0 Å². The van der Waals surface area contributed by atoms with Crippen LogP contribution >= 0.6 is 0 Å². The van der Waals surface area contributed by atoms with Crippen molar-refractivity contribution in [3.63, 3.8) is 0 Å². The van der Waals surface area contributed by atoms with E-state index in [1.54, 1.807) is 25.3 Å². The SMILES string of the molecule is CCC1(CC)CCN(C(=O)c2cccc(N)c2OC)CC1. The number of likely N-dealkylation sites (tertiary alicyclic amines) is 1. The molecule has 0 aromatic heterocycles. The van der Waals surface area contributed by atoms with Gasteiger partial charge in [-0.25, -0.2) is 0 Å². The van der Waals surface area contributed by atoms with E-state index < -0.39 is 0 Å². The fourth-order valence-electron chi connectivity index (χ4n) is 3.26. The van der Waals surface area contributed by atoms with Crippen LogP contribution in [-0.4, -0.2) is 31.0 Å². The second-order valence-corrected chi connectivity index (χ2v) is 5.93. The molecule has 1 fully saturated rings. The van der Waals surface area contributed by atoms with E-state index in [9.17, 15) is 4.79 Å². The normalized spacial score (nSPS) is 17.6. The van der Waals surface area contributed by atoms with Crippen LogP contribution in [0.4, 0.5) is 5.69 Å². The minimum Gasteiger partial charge on any atom is -0.494 e. The van der Waals surface area contributed by atoms with Crippen molar-refractivity contribution in [2.45, 2.75) is 39.5 Å². The monoisotopic (exact) mass is 290 g/mol. The first kappa shape index (κ1) is 15.7. The Labute approximate surface area is 127 Å². The molecule has 4 heteroatoms. The van der Waals surface area contributed by atoms with Crippen molar-refractivity contribution in [2.24, 2.45) is 5.41 Å². The van der Waals surface area contributed by atoms with Crippen LogP contribution in [0.1, 0.15) is 49.9 Å². The van der Waals surface area contributed by atoms with Gasteiger partial charge in [-0.05, 0) is 30.4 Å². The van der Waals surface area contributed by atoms with E-state index in [2.05, 4.69) is 13.8 Å². The highest BCUT2D eigenvalue weighted by atomic mass is 16.5. The number of amides is 1. The van der Waals surface area contributed by atoms with Crippen molar-refractivity contribution in [1.29, 1.82) is 0 Å². The number of nitrogens with zero attached hydrogens (tertiary/aromatic N) is 1. The molecule has 4 nitrogen and oxygen atoms in total. The van der Waals surface area contributed by atoms with Crippen LogP contribution < -0.4 is 10.5 Å². The van der Waals surface area contributed by atoms with E-state index in [0.29, 0.717) is 22.4 Å². The summed E-state index contributed by atoms with van der Waals surface area (Å²) in [7, 11) is 1.55. The third-order valence-corrected chi connectivity index (χ3v) is 5.09. The summed E-state index contributed by atoms with van der Waals surface area (Å²) in [5.41, 5.74) is 7.38. The van der Waals surface area contributed by atoms with Gasteiger partial charge in [-0.3, -0.25) is 4.79 Å². The quantitative estimate of drug-likeness (QED) is 0.865. The van der Waals surface area contributed by atoms with Gasteiger partial charge in [-0.15, -0.1) is 0 Å². The van der Waals surface area contributed by atoms with Gasteiger partial charge in [-0.1, -0.05) is 32.8 Å². The lowest BCUT2D eigenvalue weighted by molar-refractivity contribution is 0.0555. The lowest BCUT2D eigenvalue weighted by atomic mass is 9.74. The number of nitrogen functional groups attached to an aromatic ring is 1. The lowest BCUT2D eigenvalue weighted by Crippen LogP contribution is -2.42. The molecule has 1 aliphatic rings. The van der Waals surface area contributed by atoms with Gasteiger partial charge in [0, 0.05) is 13.1 Å². The predicted octanol–water partition coefficient (Wildman–Crippen LogP) is 3.32. The highest BCUT2D eigenvalue weighted by molar-refractivity contribution is 5.98. The third kappa shape index (κ3) is 2.99. The lowest BCUT2D eigenvalue weighted by Gasteiger charge is -2.41. The smallest absolute Gasteiger partial charge is 0.257 e. The molecule has 1 aliphatic heterocycles. The predicted molar refractivity (Wildman–Crippen MR) is 85.6 cm³/mol. The Hall–Kier alpha value is -1.71. The molecule has 116 valence electrons. The maximum absolute atomic E-state index is 12.7. The highest BCUT2D eigenvalue weighted by Crippen LogP contribution is 2.38. The number of piperidine rings is 1. The number of carbonyl (C=O) groups excluding carboxylic acids is 1. The molecule has 0 radical (unpaired) electrons. The Kier molecular flexibility index (Phi) is 4.76. The Morgan fingerprint density at radius 2 is 1.90 bits per heavy atom. The maximum Gasteiger partial charge on any atom is 0.257 e. The number of methoxy groups -OCH3 is 1. The number of nitrogens with two attached hydrogens (primary N) is 1. The number of hydrogen-bond donors (Lipinski definition) is 1. The van der Waals surface area contributed by atoms with Crippen LogP contribution in [0.25, 0.3) is 0 Å². The number of anilines is 1. The van der Waals surface area contributed by atoms with Crippen LogP contribution in [0.3, 0.4) is 0 Å². The molecule has 21 heavy (non-hydrogen) atoms. The molecule has 1 aromatic rings. The molecule has 2 rings (SSSR count). The molecule has 1 aromatic carbocycles. The number of para-hydroxylation sites is 1. The summed E-state index contributed by atoms with van der Waals surface area (Å²) < 4.78 is 5.30. The van der Waals surface area contributed by atoms with Crippen molar-refractivity contribution >= 4 is 11.6 Å². The van der Waals surface area contributed by atoms with Crippen LogP contribution in [-0.2, 0) is 0 Å². The Morgan fingerprint density at radius 1 is 1.29 bits per heavy atom. The number of carbonyl (C=O) groups is 1. The summed E-state index contributed by atoms with van der Waals surface area (Å²) in [5.74, 6) is 0.519. The maximum atomic E-state index is 12.7. The summed E-state index contributed by atoms with van der Waals surface area (Å²) in [6, 6.07) is 5.35. The van der Waals surface area contributed by atoms with Gasteiger partial charge in [0.2, 0.25) is 0 Å². The van der Waals surface area contributed by atoms with Crippen molar-refractivity contribution in [3.05, 3.63) is 23.8 Å². The molecule has 0 unspecified atom stereocenters. The molecule has 0 aliphatic carbocycles. The van der Waals surface area contributed by atoms with Crippen molar-refractivity contribution in [3.8, 4) is 5.75 Å². The molecule has 1 saturated heterocycles. The van der Waals surface area contributed by atoms with E-state index in [-0.39, 0.29) is 5.91 Å². The fraction of sp³-hybridized carbons (Fsp3) is 0.588. The molecule has 0 bridgehead atoms. The zero-order chi connectivity index (χ0) is 15.5. The summed E-state index contributed by atoms with van der Waals surface area (Å²) in [6.07, 6.45) is 4.53. The largest absolute Gasteiger partial charge is 0.494 e. The van der Waals surface area contributed by atoms with Gasteiger partial charge in [0.25, 0.3) is 5.91 Å². The Bertz CT molecular complexity index is 500. The molecule has 0 spiro atoms. The van der Waals surface area contributed by atoms with Gasteiger partial charge in [0.1, 0.15) is 0 Å². The topological polar surface area (TPSA) is 55.6 Å². The second kappa shape index (κ2) is 6.37. The van der Waals surface area contributed by atoms with E-state index >= 15 is 0 Å². The summed E-state index contributed by atoms with van der Waals surface area (Å²) in [4.78, 5) is 14.6. The van der Waals surface area contributed by atoms with Crippen LogP contribution in [0.2, 0.25) is 0 Å². The number of hydrogen-bond acceptors (Lipinski definition) is 3.